The van der Waals surface area contributed by atoms with Gasteiger partial charge < -0.3 is 4.90 Å². The molecule has 1 amide bonds. The molecule has 0 bridgehead atoms. The second-order valence-electron chi connectivity index (χ2n) is 7.94. The summed E-state index contributed by atoms with van der Waals surface area (Å²) in [5.74, 6) is -0.880. The van der Waals surface area contributed by atoms with Crippen LogP contribution in [0.1, 0.15) is 49.3 Å². The van der Waals surface area contributed by atoms with E-state index in [0.29, 0.717) is 44.1 Å². The number of fused-ring (bicyclic) bond motifs is 1. The summed E-state index contributed by atoms with van der Waals surface area (Å²) in [7, 11) is 0. The number of pyridine rings is 1. The normalized spacial score (nSPS) is 21.7. The van der Waals surface area contributed by atoms with Crippen molar-refractivity contribution in [1.29, 1.82) is 0 Å². The molecule has 2 aromatic heterocycles. The molecule has 0 aromatic carbocycles. The van der Waals surface area contributed by atoms with E-state index >= 15 is 0 Å². The van der Waals surface area contributed by atoms with Crippen LogP contribution in [-0.2, 0) is 23.9 Å². The maximum atomic E-state index is 14.3. The van der Waals surface area contributed by atoms with Crippen molar-refractivity contribution in [3.05, 3.63) is 45.6 Å². The van der Waals surface area contributed by atoms with E-state index in [1.807, 2.05) is 0 Å². The van der Waals surface area contributed by atoms with Crippen LogP contribution in [0.4, 0.5) is 17.6 Å². The summed E-state index contributed by atoms with van der Waals surface area (Å²) >= 11 is 0. The maximum absolute atomic E-state index is 14.3. The lowest BCUT2D eigenvalue weighted by atomic mass is 10.0. The lowest BCUT2D eigenvalue weighted by Crippen LogP contribution is -2.41. The maximum Gasteiger partial charge on any atom is 0.436 e. The molecule has 7 nitrogen and oxygen atoms in total. The largest absolute Gasteiger partial charge is 0.436 e. The monoisotopic (exact) mass is 427 g/mol. The Kier molecular flexibility index (Phi) is 5.15. The van der Waals surface area contributed by atoms with Gasteiger partial charge in [-0.05, 0) is 31.2 Å². The zero-order chi connectivity index (χ0) is 21.6. The third kappa shape index (κ3) is 3.61. The van der Waals surface area contributed by atoms with Crippen molar-refractivity contribution in [1.82, 2.24) is 24.2 Å². The number of carbonyl (C=O) groups excluding carboxylic acids is 1. The van der Waals surface area contributed by atoms with Gasteiger partial charge in [0.05, 0.1) is 6.54 Å². The third-order valence-electron chi connectivity index (χ3n) is 5.71. The van der Waals surface area contributed by atoms with E-state index in [-0.39, 0.29) is 11.5 Å². The van der Waals surface area contributed by atoms with Gasteiger partial charge in [-0.3, -0.25) is 9.36 Å². The molecule has 0 radical (unpaired) electrons. The van der Waals surface area contributed by atoms with Gasteiger partial charge in [0, 0.05) is 31.3 Å². The molecule has 162 valence electrons. The van der Waals surface area contributed by atoms with Gasteiger partial charge in [-0.2, -0.15) is 18.3 Å². The lowest BCUT2D eigenvalue weighted by Gasteiger charge is -2.27. The molecular weight excluding hydrogens is 406 g/mol. The summed E-state index contributed by atoms with van der Waals surface area (Å²) in [5, 5.41) is 4.18. The van der Waals surface area contributed by atoms with Gasteiger partial charge in [-0.15, -0.1) is 0 Å². The minimum atomic E-state index is -4.94. The van der Waals surface area contributed by atoms with Crippen molar-refractivity contribution in [2.75, 3.05) is 13.1 Å². The predicted molar refractivity (Wildman–Crippen MR) is 97.1 cm³/mol. The summed E-state index contributed by atoms with van der Waals surface area (Å²) in [6, 6.07) is 0.400. The molecule has 1 saturated heterocycles. The molecule has 1 fully saturated rings. The average Bonchev–Trinajstić information content (AvgIpc) is 3.25. The number of hydrogen-bond donors (Lipinski definition) is 0. The Balaban J connectivity index is 1.65. The molecule has 0 aliphatic carbocycles. The molecule has 0 spiro atoms. The lowest BCUT2D eigenvalue weighted by molar-refractivity contribution is -0.143. The van der Waals surface area contributed by atoms with Crippen molar-refractivity contribution in [2.24, 2.45) is 5.92 Å². The summed E-state index contributed by atoms with van der Waals surface area (Å²) in [6.45, 7) is 2.85. The van der Waals surface area contributed by atoms with E-state index in [1.165, 1.54) is 4.57 Å². The Bertz CT molecular complexity index is 1030. The molecule has 30 heavy (non-hydrogen) atoms. The molecule has 2 aliphatic rings. The Morgan fingerprint density at radius 2 is 2.07 bits per heavy atom. The fourth-order valence-electron chi connectivity index (χ4n) is 4.18. The van der Waals surface area contributed by atoms with Crippen LogP contribution in [-0.4, -0.2) is 43.2 Å². The highest BCUT2D eigenvalue weighted by molar-refractivity contribution is 5.81. The van der Waals surface area contributed by atoms with Crippen LogP contribution >= 0.6 is 0 Å². The van der Waals surface area contributed by atoms with Gasteiger partial charge in [0.1, 0.15) is 11.9 Å². The van der Waals surface area contributed by atoms with E-state index in [0.717, 1.165) is 23.4 Å². The summed E-state index contributed by atoms with van der Waals surface area (Å²) < 4.78 is 55.3. The molecule has 0 N–H and O–H groups in total. The van der Waals surface area contributed by atoms with Crippen LogP contribution in [0.3, 0.4) is 0 Å². The van der Waals surface area contributed by atoms with Gasteiger partial charge in [0.15, 0.2) is 11.5 Å². The number of halogens is 4. The van der Waals surface area contributed by atoms with Crippen LogP contribution in [0.15, 0.2) is 17.1 Å². The molecule has 11 heteroatoms. The topological polar surface area (TPSA) is 73.0 Å². The Labute approximate surface area is 169 Å². The molecular formula is C19H21F4N5O2. The highest BCUT2D eigenvalue weighted by atomic mass is 19.4. The van der Waals surface area contributed by atoms with Gasteiger partial charge in [0.25, 0.3) is 0 Å². The summed E-state index contributed by atoms with van der Waals surface area (Å²) in [4.78, 5) is 30.7. The second-order valence-corrected chi connectivity index (χ2v) is 7.94. The van der Waals surface area contributed by atoms with Crippen molar-refractivity contribution >= 4 is 5.91 Å². The minimum Gasteiger partial charge on any atom is -0.341 e. The fraction of sp³-hybridized carbons (Fsp3) is 0.579. The van der Waals surface area contributed by atoms with Crippen molar-refractivity contribution in [2.45, 2.75) is 51.4 Å². The number of hydrogen-bond acceptors (Lipinski definition) is 4. The van der Waals surface area contributed by atoms with E-state index in [9.17, 15) is 27.2 Å². The summed E-state index contributed by atoms with van der Waals surface area (Å²) in [5.41, 5.74) is -2.60. The smallest absolute Gasteiger partial charge is 0.341 e. The van der Waals surface area contributed by atoms with Gasteiger partial charge in [-0.1, -0.05) is 6.92 Å². The quantitative estimate of drug-likeness (QED) is 0.706. The highest BCUT2D eigenvalue weighted by Crippen LogP contribution is 2.31. The number of likely N-dealkylation sites (tertiary alicyclic amines) is 1. The minimum absolute atomic E-state index is 0.142. The number of aromatic nitrogens is 4. The third-order valence-corrected chi connectivity index (χ3v) is 5.71. The van der Waals surface area contributed by atoms with Crippen molar-refractivity contribution in [3.8, 4) is 0 Å². The number of nitrogens with zero attached hydrogens (tertiary/aromatic N) is 5. The molecule has 2 aliphatic heterocycles. The van der Waals surface area contributed by atoms with Gasteiger partial charge in [0.2, 0.25) is 5.91 Å². The van der Waals surface area contributed by atoms with Gasteiger partial charge >= 0.3 is 11.9 Å². The fourth-order valence-corrected chi connectivity index (χ4v) is 4.18. The van der Waals surface area contributed by atoms with Gasteiger partial charge in [-0.25, -0.2) is 18.9 Å². The molecule has 4 rings (SSSR count). The first-order valence-corrected chi connectivity index (χ1v) is 9.84. The first-order chi connectivity index (χ1) is 14.2. The highest BCUT2D eigenvalue weighted by Gasteiger charge is 2.38. The molecule has 4 heterocycles. The standard InChI is InChI=1S/C19H21F4N5O2/c1-11-6-8-26(9-11)17(29)13-3-2-4-14-25-27(18(30)28(13)14)10-12-5-7-24-16(15(12)20)19(21,22)23/h5,7,11,13H,2-4,6,8-10H2,1H3/t11-,13+/m1/s1. The van der Waals surface area contributed by atoms with E-state index in [2.05, 4.69) is 17.0 Å². The van der Waals surface area contributed by atoms with Crippen LogP contribution in [0.25, 0.3) is 0 Å². The van der Waals surface area contributed by atoms with Crippen LogP contribution in [0.5, 0.6) is 0 Å². The zero-order valence-corrected chi connectivity index (χ0v) is 16.3. The molecule has 0 unspecified atom stereocenters. The van der Waals surface area contributed by atoms with Crippen LogP contribution in [0.2, 0.25) is 0 Å². The van der Waals surface area contributed by atoms with E-state index in [1.54, 1.807) is 4.90 Å². The number of rotatable bonds is 3. The number of alkyl halides is 3. The SMILES string of the molecule is C[C@@H]1CCN(C(=O)[C@@H]2CCCc3nn(Cc4ccnc(C(F)(F)F)c4F)c(=O)n32)C1. The number of carbonyl (C=O) groups is 1. The Hall–Kier alpha value is -2.72. The van der Waals surface area contributed by atoms with E-state index in [4.69, 9.17) is 0 Å². The van der Waals surface area contributed by atoms with Crippen molar-refractivity contribution < 1.29 is 22.4 Å². The summed E-state index contributed by atoms with van der Waals surface area (Å²) in [6.07, 6.45) is -1.56. The first-order valence-electron chi connectivity index (χ1n) is 9.84. The molecule has 2 atom stereocenters. The average molecular weight is 427 g/mol. The Morgan fingerprint density at radius 1 is 1.30 bits per heavy atom. The van der Waals surface area contributed by atoms with Crippen LogP contribution < -0.4 is 5.69 Å². The Morgan fingerprint density at radius 3 is 2.73 bits per heavy atom. The van der Waals surface area contributed by atoms with E-state index < -0.39 is 36.0 Å². The zero-order valence-electron chi connectivity index (χ0n) is 16.3. The van der Waals surface area contributed by atoms with Crippen molar-refractivity contribution in [3.63, 3.8) is 0 Å². The predicted octanol–water partition coefficient (Wildman–Crippen LogP) is 2.39. The van der Waals surface area contributed by atoms with Crippen LogP contribution in [0, 0.1) is 11.7 Å². The second kappa shape index (κ2) is 7.51. The number of amides is 1. The number of aryl methyl sites for hydroxylation is 1. The molecule has 0 saturated carbocycles. The first kappa shape index (κ1) is 20.5. The molecule has 2 aromatic rings.